The summed E-state index contributed by atoms with van der Waals surface area (Å²) in [6, 6.07) is 11.1. The monoisotopic (exact) mass is 292 g/mol. The molecule has 5 heteroatoms. The van der Waals surface area contributed by atoms with Crippen molar-refractivity contribution in [2.45, 2.75) is 6.10 Å². The lowest BCUT2D eigenvalue weighted by Gasteiger charge is -2.16. The second kappa shape index (κ2) is 6.95. The maximum absolute atomic E-state index is 13.4. The van der Waals surface area contributed by atoms with Crippen molar-refractivity contribution in [1.29, 1.82) is 0 Å². The van der Waals surface area contributed by atoms with Gasteiger partial charge in [-0.25, -0.2) is 4.39 Å². The van der Waals surface area contributed by atoms with E-state index in [-0.39, 0.29) is 12.4 Å². The fourth-order valence-electron chi connectivity index (χ4n) is 1.91. The molecule has 0 aliphatic rings. The van der Waals surface area contributed by atoms with Crippen LogP contribution in [-0.2, 0) is 0 Å². The van der Waals surface area contributed by atoms with Gasteiger partial charge in [0, 0.05) is 11.6 Å². The van der Waals surface area contributed by atoms with Crippen molar-refractivity contribution >= 4 is 0 Å². The highest BCUT2D eigenvalue weighted by molar-refractivity contribution is 5.42. The Labute approximate surface area is 122 Å². The smallest absolute Gasteiger partial charge is 0.165 e. The summed E-state index contributed by atoms with van der Waals surface area (Å²) in [7, 11) is 3.05. The van der Waals surface area contributed by atoms with Crippen LogP contribution in [0.25, 0.3) is 0 Å². The summed E-state index contributed by atoms with van der Waals surface area (Å²) < 4.78 is 29.0. The van der Waals surface area contributed by atoms with Crippen molar-refractivity contribution < 1.29 is 23.7 Å². The van der Waals surface area contributed by atoms with E-state index in [1.807, 2.05) is 0 Å². The molecule has 112 valence electrons. The molecule has 1 N–H and O–H groups in total. The van der Waals surface area contributed by atoms with Gasteiger partial charge in [-0.3, -0.25) is 0 Å². The molecule has 0 heterocycles. The van der Waals surface area contributed by atoms with Crippen LogP contribution < -0.4 is 14.2 Å². The van der Waals surface area contributed by atoms with Crippen molar-refractivity contribution in [3.05, 3.63) is 53.8 Å². The second-order valence-electron chi connectivity index (χ2n) is 4.37. The van der Waals surface area contributed by atoms with Crippen LogP contribution in [-0.4, -0.2) is 25.9 Å². The van der Waals surface area contributed by atoms with Crippen LogP contribution in [0.1, 0.15) is 11.7 Å². The minimum absolute atomic E-state index is 0.0797. The molecule has 2 aromatic carbocycles. The number of ether oxygens (including phenoxy) is 3. The number of methoxy groups -OCH3 is 2. The lowest BCUT2D eigenvalue weighted by atomic mass is 10.1. The third kappa shape index (κ3) is 3.64. The third-order valence-corrected chi connectivity index (χ3v) is 3.03. The third-order valence-electron chi connectivity index (χ3n) is 3.03. The van der Waals surface area contributed by atoms with E-state index >= 15 is 0 Å². The van der Waals surface area contributed by atoms with Crippen LogP contribution in [0.15, 0.2) is 42.5 Å². The normalized spacial score (nSPS) is 11.8. The van der Waals surface area contributed by atoms with Crippen molar-refractivity contribution in [1.82, 2.24) is 0 Å². The summed E-state index contributed by atoms with van der Waals surface area (Å²) in [6.45, 7) is -0.0797. The molecular formula is C16H17FO4. The average Bonchev–Trinajstić information content (AvgIpc) is 2.53. The van der Waals surface area contributed by atoms with Gasteiger partial charge in [0.1, 0.15) is 24.2 Å². The molecule has 1 unspecified atom stereocenters. The molecule has 0 aliphatic carbocycles. The molecule has 0 aromatic heterocycles. The molecule has 21 heavy (non-hydrogen) atoms. The maximum atomic E-state index is 13.4. The van der Waals surface area contributed by atoms with Crippen molar-refractivity contribution in [2.24, 2.45) is 0 Å². The van der Waals surface area contributed by atoms with Gasteiger partial charge in [-0.05, 0) is 24.3 Å². The van der Waals surface area contributed by atoms with Crippen LogP contribution in [0, 0.1) is 5.82 Å². The van der Waals surface area contributed by atoms with E-state index < -0.39 is 11.9 Å². The molecule has 1 atom stereocenters. The van der Waals surface area contributed by atoms with E-state index in [1.54, 1.807) is 37.4 Å². The minimum atomic E-state index is -0.939. The summed E-state index contributed by atoms with van der Waals surface area (Å²) in [4.78, 5) is 0. The highest BCUT2D eigenvalue weighted by Gasteiger charge is 2.15. The van der Waals surface area contributed by atoms with E-state index in [0.29, 0.717) is 17.1 Å². The number of hydrogen-bond donors (Lipinski definition) is 1. The Balaban J connectivity index is 2.10. The summed E-state index contributed by atoms with van der Waals surface area (Å²) in [5.41, 5.74) is 0.551. The number of aliphatic hydroxyl groups is 1. The van der Waals surface area contributed by atoms with Gasteiger partial charge >= 0.3 is 0 Å². The molecule has 0 bridgehead atoms. The maximum Gasteiger partial charge on any atom is 0.165 e. The molecule has 2 rings (SSSR count). The van der Waals surface area contributed by atoms with Gasteiger partial charge < -0.3 is 19.3 Å². The molecule has 0 aliphatic heterocycles. The van der Waals surface area contributed by atoms with Gasteiger partial charge in [0.2, 0.25) is 0 Å². The zero-order valence-corrected chi connectivity index (χ0v) is 11.9. The number of benzene rings is 2. The fourth-order valence-corrected chi connectivity index (χ4v) is 1.91. The number of para-hydroxylation sites is 1. The largest absolute Gasteiger partial charge is 0.497 e. The zero-order chi connectivity index (χ0) is 15.2. The average molecular weight is 292 g/mol. The van der Waals surface area contributed by atoms with Crippen LogP contribution in [0.3, 0.4) is 0 Å². The Morgan fingerprint density at radius 2 is 1.81 bits per heavy atom. The molecule has 0 saturated heterocycles. The quantitative estimate of drug-likeness (QED) is 0.889. The first kappa shape index (κ1) is 15.1. The van der Waals surface area contributed by atoms with E-state index in [0.717, 1.165) is 0 Å². The first-order chi connectivity index (χ1) is 10.2. The van der Waals surface area contributed by atoms with E-state index in [2.05, 4.69) is 0 Å². The van der Waals surface area contributed by atoms with Gasteiger partial charge in [0.15, 0.2) is 11.6 Å². The molecule has 0 radical (unpaired) electrons. The molecule has 0 spiro atoms. The van der Waals surface area contributed by atoms with Crippen LogP contribution in [0.5, 0.6) is 17.2 Å². The summed E-state index contributed by atoms with van der Waals surface area (Å²) in [6.07, 6.45) is -0.939. The SMILES string of the molecule is COc1ccc(C(O)COc2ccccc2F)c(OC)c1. The number of halogens is 1. The predicted octanol–water partition coefficient (Wildman–Crippen LogP) is 2.96. The van der Waals surface area contributed by atoms with Crippen molar-refractivity contribution in [2.75, 3.05) is 20.8 Å². The van der Waals surface area contributed by atoms with Gasteiger partial charge in [-0.1, -0.05) is 12.1 Å². The lowest BCUT2D eigenvalue weighted by molar-refractivity contribution is 0.103. The van der Waals surface area contributed by atoms with Gasteiger partial charge in [-0.2, -0.15) is 0 Å². The molecule has 4 nitrogen and oxygen atoms in total. The first-order valence-electron chi connectivity index (χ1n) is 6.43. The predicted molar refractivity (Wildman–Crippen MR) is 76.4 cm³/mol. The van der Waals surface area contributed by atoms with E-state index in [9.17, 15) is 9.50 Å². The van der Waals surface area contributed by atoms with Crippen molar-refractivity contribution in [3.8, 4) is 17.2 Å². The Hall–Kier alpha value is -2.27. The Morgan fingerprint density at radius 1 is 1.05 bits per heavy atom. The molecule has 0 saturated carbocycles. The van der Waals surface area contributed by atoms with E-state index in [1.165, 1.54) is 19.2 Å². The minimum Gasteiger partial charge on any atom is -0.497 e. The van der Waals surface area contributed by atoms with Crippen molar-refractivity contribution in [3.63, 3.8) is 0 Å². The van der Waals surface area contributed by atoms with Gasteiger partial charge in [0.05, 0.1) is 14.2 Å². The lowest BCUT2D eigenvalue weighted by Crippen LogP contribution is -2.11. The topological polar surface area (TPSA) is 47.9 Å². The fraction of sp³-hybridized carbons (Fsp3) is 0.250. The Kier molecular flexibility index (Phi) is 5.00. The standard InChI is InChI=1S/C16H17FO4/c1-19-11-7-8-12(16(9-11)20-2)14(18)10-21-15-6-4-3-5-13(15)17/h3-9,14,18H,10H2,1-2H3. The molecule has 2 aromatic rings. The number of hydrogen-bond acceptors (Lipinski definition) is 4. The number of aliphatic hydroxyl groups excluding tert-OH is 1. The van der Waals surface area contributed by atoms with Crippen LogP contribution in [0.4, 0.5) is 4.39 Å². The summed E-state index contributed by atoms with van der Waals surface area (Å²) in [5.74, 6) is 0.743. The molecule has 0 fully saturated rings. The zero-order valence-electron chi connectivity index (χ0n) is 11.9. The molecule has 0 amide bonds. The van der Waals surface area contributed by atoms with Crippen LogP contribution >= 0.6 is 0 Å². The van der Waals surface area contributed by atoms with Gasteiger partial charge in [-0.15, -0.1) is 0 Å². The summed E-state index contributed by atoms with van der Waals surface area (Å²) >= 11 is 0. The Morgan fingerprint density at radius 3 is 2.48 bits per heavy atom. The van der Waals surface area contributed by atoms with Gasteiger partial charge in [0.25, 0.3) is 0 Å². The Bertz CT molecular complexity index is 601. The highest BCUT2D eigenvalue weighted by Crippen LogP contribution is 2.30. The summed E-state index contributed by atoms with van der Waals surface area (Å²) in [5, 5.41) is 10.2. The first-order valence-corrected chi connectivity index (χ1v) is 6.43. The van der Waals surface area contributed by atoms with E-state index in [4.69, 9.17) is 14.2 Å². The second-order valence-corrected chi connectivity index (χ2v) is 4.37. The number of rotatable bonds is 6. The van der Waals surface area contributed by atoms with Crippen LogP contribution in [0.2, 0.25) is 0 Å². The molecular weight excluding hydrogens is 275 g/mol. The highest BCUT2D eigenvalue weighted by atomic mass is 19.1.